The van der Waals surface area contributed by atoms with Crippen molar-refractivity contribution >= 4 is 9.84 Å². The van der Waals surface area contributed by atoms with Gasteiger partial charge in [0.1, 0.15) is 17.1 Å². The van der Waals surface area contributed by atoms with E-state index in [1.807, 2.05) is 6.07 Å². The fraction of sp³-hybridized carbons (Fsp3) is 0.231. The number of nitrogens with zero attached hydrogens (tertiary/aromatic N) is 1. The molecule has 0 spiro atoms. The number of aryl methyl sites for hydroxylation is 1. The topological polar surface area (TPSA) is 100 Å². The molecule has 7 heteroatoms. The van der Waals surface area contributed by atoms with Crippen LogP contribution >= 0.6 is 0 Å². The monoisotopic (exact) mass is 294 g/mol. The van der Waals surface area contributed by atoms with Gasteiger partial charge in [0, 0.05) is 6.26 Å². The summed E-state index contributed by atoms with van der Waals surface area (Å²) >= 11 is 0. The molecule has 0 radical (unpaired) electrons. The Morgan fingerprint density at radius 1 is 1.30 bits per heavy atom. The maximum absolute atomic E-state index is 12.0. The van der Waals surface area contributed by atoms with Gasteiger partial charge >= 0.3 is 0 Å². The summed E-state index contributed by atoms with van der Waals surface area (Å²) in [5.41, 5.74) is 0.849. The maximum atomic E-state index is 12.0. The minimum absolute atomic E-state index is 0.0420. The molecule has 1 heterocycles. The van der Waals surface area contributed by atoms with Crippen LogP contribution in [0.15, 0.2) is 29.1 Å². The van der Waals surface area contributed by atoms with E-state index in [-0.39, 0.29) is 11.4 Å². The Kier molecular flexibility index (Phi) is 3.63. The van der Waals surface area contributed by atoms with Gasteiger partial charge in [-0.3, -0.25) is 4.79 Å². The zero-order chi connectivity index (χ0) is 14.9. The van der Waals surface area contributed by atoms with Crippen LogP contribution in [0.3, 0.4) is 0 Å². The largest absolute Gasteiger partial charge is 0.493 e. The third-order valence-electron chi connectivity index (χ3n) is 2.76. The van der Waals surface area contributed by atoms with Crippen LogP contribution in [0.25, 0.3) is 11.1 Å². The third kappa shape index (κ3) is 3.05. The lowest BCUT2D eigenvalue weighted by atomic mass is 10.0. The van der Waals surface area contributed by atoms with Crippen molar-refractivity contribution in [1.82, 2.24) is 9.97 Å². The van der Waals surface area contributed by atoms with Gasteiger partial charge in [0.25, 0.3) is 5.56 Å². The van der Waals surface area contributed by atoms with Crippen molar-refractivity contribution in [3.05, 3.63) is 46.0 Å². The van der Waals surface area contributed by atoms with Crippen LogP contribution in [0.1, 0.15) is 11.4 Å². The molecule has 1 aromatic heterocycles. The standard InChI is InChI=1S/C13H14N2O4S/c1-8-5-3-4-6-9(8)11-12(16)14-10(15-13(11)17)7-20(2,18)19/h3-6H,7H2,1-2H3,(H2,14,15,16,17). The Hall–Kier alpha value is -2.15. The van der Waals surface area contributed by atoms with Gasteiger partial charge in [-0.2, -0.15) is 4.98 Å². The molecule has 0 bridgehead atoms. The Balaban J connectivity index is 2.59. The summed E-state index contributed by atoms with van der Waals surface area (Å²) in [7, 11) is -3.34. The number of benzene rings is 1. The van der Waals surface area contributed by atoms with Crippen molar-refractivity contribution in [2.45, 2.75) is 12.7 Å². The lowest BCUT2D eigenvalue weighted by Gasteiger charge is -2.08. The highest BCUT2D eigenvalue weighted by molar-refractivity contribution is 7.89. The predicted molar refractivity (Wildman–Crippen MR) is 75.2 cm³/mol. The summed E-state index contributed by atoms with van der Waals surface area (Å²) in [5.74, 6) is -0.974. The summed E-state index contributed by atoms with van der Waals surface area (Å²) in [6, 6.07) is 7.05. The van der Waals surface area contributed by atoms with E-state index in [0.717, 1.165) is 11.8 Å². The van der Waals surface area contributed by atoms with Crippen LogP contribution in [0.2, 0.25) is 0 Å². The molecular weight excluding hydrogens is 280 g/mol. The van der Waals surface area contributed by atoms with Crippen LogP contribution in [0.4, 0.5) is 0 Å². The first kappa shape index (κ1) is 14.3. The van der Waals surface area contributed by atoms with Crippen LogP contribution in [0, 0.1) is 6.92 Å². The van der Waals surface area contributed by atoms with Crippen molar-refractivity contribution in [3.8, 4) is 17.0 Å². The number of H-pyrrole nitrogens is 1. The van der Waals surface area contributed by atoms with E-state index in [2.05, 4.69) is 9.97 Å². The molecular formula is C13H14N2O4S. The minimum Gasteiger partial charge on any atom is -0.493 e. The fourth-order valence-electron chi connectivity index (χ4n) is 1.92. The number of hydrogen-bond acceptors (Lipinski definition) is 5. The lowest BCUT2D eigenvalue weighted by molar-refractivity contribution is 0.451. The van der Waals surface area contributed by atoms with E-state index in [1.165, 1.54) is 0 Å². The fourth-order valence-corrected chi connectivity index (χ4v) is 2.55. The maximum Gasteiger partial charge on any atom is 0.262 e. The molecule has 2 aromatic rings. The predicted octanol–water partition coefficient (Wildman–Crippen LogP) is 0.996. The Labute approximate surface area is 116 Å². The average Bonchev–Trinajstić information content (AvgIpc) is 2.28. The second-order valence-electron chi connectivity index (χ2n) is 4.60. The van der Waals surface area contributed by atoms with E-state index in [0.29, 0.717) is 5.56 Å². The molecule has 0 aliphatic carbocycles. The summed E-state index contributed by atoms with van der Waals surface area (Å²) < 4.78 is 22.4. The highest BCUT2D eigenvalue weighted by atomic mass is 32.2. The summed E-state index contributed by atoms with van der Waals surface area (Å²) in [5, 5.41) is 9.92. The van der Waals surface area contributed by atoms with E-state index >= 15 is 0 Å². The van der Waals surface area contributed by atoms with Gasteiger partial charge in [-0.25, -0.2) is 8.42 Å². The molecule has 0 unspecified atom stereocenters. The zero-order valence-electron chi connectivity index (χ0n) is 11.0. The van der Waals surface area contributed by atoms with E-state index in [4.69, 9.17) is 0 Å². The molecule has 0 atom stereocenters. The number of rotatable bonds is 3. The van der Waals surface area contributed by atoms with Gasteiger partial charge in [-0.15, -0.1) is 0 Å². The van der Waals surface area contributed by atoms with Crippen molar-refractivity contribution in [3.63, 3.8) is 0 Å². The first-order valence-electron chi connectivity index (χ1n) is 5.84. The van der Waals surface area contributed by atoms with Crippen LogP contribution < -0.4 is 5.56 Å². The molecule has 0 amide bonds. The van der Waals surface area contributed by atoms with Gasteiger partial charge in [-0.05, 0) is 18.1 Å². The van der Waals surface area contributed by atoms with Gasteiger partial charge in [0.05, 0.1) is 0 Å². The van der Waals surface area contributed by atoms with Crippen molar-refractivity contribution in [1.29, 1.82) is 0 Å². The molecule has 20 heavy (non-hydrogen) atoms. The van der Waals surface area contributed by atoms with Gasteiger partial charge in [0.15, 0.2) is 9.84 Å². The van der Waals surface area contributed by atoms with E-state index in [9.17, 15) is 18.3 Å². The minimum atomic E-state index is -3.34. The summed E-state index contributed by atoms with van der Waals surface area (Å²) in [4.78, 5) is 18.2. The van der Waals surface area contributed by atoms with Gasteiger partial charge in [-0.1, -0.05) is 24.3 Å². The lowest BCUT2D eigenvalue weighted by Crippen LogP contribution is -2.16. The molecule has 0 aliphatic rings. The highest BCUT2D eigenvalue weighted by Crippen LogP contribution is 2.26. The third-order valence-corrected chi connectivity index (χ3v) is 3.56. The van der Waals surface area contributed by atoms with E-state index < -0.39 is 27.0 Å². The Morgan fingerprint density at radius 3 is 2.50 bits per heavy atom. The molecule has 0 aliphatic heterocycles. The highest BCUT2D eigenvalue weighted by Gasteiger charge is 2.16. The molecule has 2 N–H and O–H groups in total. The summed E-state index contributed by atoms with van der Waals surface area (Å²) in [6.07, 6.45) is 1.03. The number of hydrogen-bond donors (Lipinski definition) is 2. The van der Waals surface area contributed by atoms with Crippen molar-refractivity contribution in [2.75, 3.05) is 6.26 Å². The second kappa shape index (κ2) is 5.09. The molecule has 106 valence electrons. The first-order valence-corrected chi connectivity index (χ1v) is 7.90. The quantitative estimate of drug-likeness (QED) is 0.879. The summed E-state index contributed by atoms with van der Waals surface area (Å²) in [6.45, 7) is 1.80. The van der Waals surface area contributed by atoms with Crippen molar-refractivity contribution < 1.29 is 13.5 Å². The van der Waals surface area contributed by atoms with Gasteiger partial charge < -0.3 is 10.1 Å². The van der Waals surface area contributed by atoms with Crippen LogP contribution in [-0.4, -0.2) is 29.7 Å². The number of sulfone groups is 1. The molecule has 1 aromatic carbocycles. The smallest absolute Gasteiger partial charge is 0.262 e. The van der Waals surface area contributed by atoms with Crippen LogP contribution in [0.5, 0.6) is 5.88 Å². The Morgan fingerprint density at radius 2 is 1.95 bits per heavy atom. The number of aromatic amines is 1. The van der Waals surface area contributed by atoms with E-state index in [1.54, 1.807) is 25.1 Å². The first-order chi connectivity index (χ1) is 9.28. The SMILES string of the molecule is Cc1ccccc1-c1c(O)nc(CS(C)(=O)=O)[nH]c1=O. The van der Waals surface area contributed by atoms with Gasteiger partial charge in [0.2, 0.25) is 5.88 Å². The van der Waals surface area contributed by atoms with Crippen molar-refractivity contribution in [2.24, 2.45) is 0 Å². The molecule has 6 nitrogen and oxygen atoms in total. The van der Waals surface area contributed by atoms with Crippen LogP contribution in [-0.2, 0) is 15.6 Å². The molecule has 0 fully saturated rings. The number of aromatic hydroxyl groups is 1. The Bertz CT molecular complexity index is 809. The average molecular weight is 294 g/mol. The normalized spacial score (nSPS) is 11.5. The molecule has 0 saturated heterocycles. The molecule has 0 saturated carbocycles. The second-order valence-corrected chi connectivity index (χ2v) is 6.74. The number of aromatic nitrogens is 2. The number of nitrogens with one attached hydrogen (secondary N) is 1. The zero-order valence-corrected chi connectivity index (χ0v) is 11.9. The molecule has 2 rings (SSSR count).